The van der Waals surface area contributed by atoms with Crippen LogP contribution in [0.3, 0.4) is 0 Å². The van der Waals surface area contributed by atoms with Crippen molar-refractivity contribution in [1.29, 1.82) is 0 Å². The maximum absolute atomic E-state index is 12.7. The van der Waals surface area contributed by atoms with E-state index in [9.17, 15) is 9.90 Å². The van der Waals surface area contributed by atoms with Gasteiger partial charge in [-0.2, -0.15) is 0 Å². The number of carbonyl (C=O) groups excluding carboxylic acids is 1. The van der Waals surface area contributed by atoms with Gasteiger partial charge in [-0.15, -0.1) is 0 Å². The standard InChI is InChI=1S/C22H22N4O2/c27-15-14-26(13-7-10-18-8-3-1-4-9-18)21(28)19-16-23-22(24-17-19)25-20-11-5-2-6-12-20/h1-12,16-17,27H,13-15H2,(H,23,24,25). The van der Waals surface area contributed by atoms with E-state index in [0.717, 1.165) is 11.3 Å². The summed E-state index contributed by atoms with van der Waals surface area (Å²) in [6.07, 6.45) is 6.83. The molecule has 3 rings (SSSR count). The number of benzene rings is 2. The van der Waals surface area contributed by atoms with E-state index in [1.54, 1.807) is 4.90 Å². The van der Waals surface area contributed by atoms with Gasteiger partial charge < -0.3 is 15.3 Å². The van der Waals surface area contributed by atoms with Gasteiger partial charge in [-0.3, -0.25) is 4.79 Å². The molecule has 2 aromatic carbocycles. The number of nitrogens with zero attached hydrogens (tertiary/aromatic N) is 3. The first-order valence-electron chi connectivity index (χ1n) is 9.02. The molecular formula is C22H22N4O2. The molecule has 0 aliphatic rings. The number of amides is 1. The summed E-state index contributed by atoms with van der Waals surface area (Å²) in [7, 11) is 0. The molecule has 0 unspecified atom stereocenters. The molecule has 0 saturated carbocycles. The Balaban J connectivity index is 1.64. The van der Waals surface area contributed by atoms with Gasteiger partial charge in [0.1, 0.15) is 0 Å². The fourth-order valence-corrected chi connectivity index (χ4v) is 2.61. The summed E-state index contributed by atoms with van der Waals surface area (Å²) in [6, 6.07) is 19.4. The van der Waals surface area contributed by atoms with Crippen molar-refractivity contribution in [2.24, 2.45) is 0 Å². The molecular weight excluding hydrogens is 352 g/mol. The zero-order valence-electron chi connectivity index (χ0n) is 15.4. The van der Waals surface area contributed by atoms with Crippen LogP contribution in [0.2, 0.25) is 0 Å². The van der Waals surface area contributed by atoms with E-state index in [2.05, 4.69) is 15.3 Å². The van der Waals surface area contributed by atoms with Crippen molar-refractivity contribution in [3.63, 3.8) is 0 Å². The smallest absolute Gasteiger partial charge is 0.257 e. The molecule has 1 amide bonds. The molecule has 28 heavy (non-hydrogen) atoms. The summed E-state index contributed by atoms with van der Waals surface area (Å²) in [4.78, 5) is 22.7. The summed E-state index contributed by atoms with van der Waals surface area (Å²) >= 11 is 0. The summed E-state index contributed by atoms with van der Waals surface area (Å²) in [5.41, 5.74) is 2.30. The minimum absolute atomic E-state index is 0.112. The molecule has 1 heterocycles. The number of hydrogen-bond donors (Lipinski definition) is 2. The lowest BCUT2D eigenvalue weighted by atomic mass is 10.2. The monoisotopic (exact) mass is 374 g/mol. The van der Waals surface area contributed by atoms with Crippen LogP contribution < -0.4 is 5.32 Å². The molecule has 0 bridgehead atoms. The molecule has 0 radical (unpaired) electrons. The van der Waals surface area contributed by atoms with Crippen LogP contribution in [0.25, 0.3) is 6.08 Å². The zero-order valence-corrected chi connectivity index (χ0v) is 15.4. The Morgan fingerprint density at radius 1 is 1.00 bits per heavy atom. The SMILES string of the molecule is O=C(c1cnc(Nc2ccccc2)nc1)N(CC=Cc1ccccc1)CCO. The third kappa shape index (κ3) is 5.49. The Bertz CT molecular complexity index is 897. The highest BCUT2D eigenvalue weighted by atomic mass is 16.3. The van der Waals surface area contributed by atoms with E-state index in [1.165, 1.54) is 12.4 Å². The van der Waals surface area contributed by atoms with E-state index >= 15 is 0 Å². The van der Waals surface area contributed by atoms with Crippen LogP contribution >= 0.6 is 0 Å². The van der Waals surface area contributed by atoms with Crippen molar-refractivity contribution in [1.82, 2.24) is 14.9 Å². The van der Waals surface area contributed by atoms with Crippen molar-refractivity contribution in [3.05, 3.63) is 90.3 Å². The number of aliphatic hydroxyl groups excluding tert-OH is 1. The average molecular weight is 374 g/mol. The van der Waals surface area contributed by atoms with Crippen LogP contribution in [-0.4, -0.2) is 45.6 Å². The van der Waals surface area contributed by atoms with E-state index < -0.39 is 0 Å². The van der Waals surface area contributed by atoms with Crippen LogP contribution in [0, 0.1) is 0 Å². The molecule has 0 spiro atoms. The summed E-state index contributed by atoms with van der Waals surface area (Å²) < 4.78 is 0. The van der Waals surface area contributed by atoms with Crippen molar-refractivity contribution >= 4 is 23.6 Å². The van der Waals surface area contributed by atoms with Gasteiger partial charge in [0.15, 0.2) is 0 Å². The second-order valence-corrected chi connectivity index (χ2v) is 6.07. The second-order valence-electron chi connectivity index (χ2n) is 6.07. The lowest BCUT2D eigenvalue weighted by molar-refractivity contribution is 0.0742. The lowest BCUT2D eigenvalue weighted by Crippen LogP contribution is -2.33. The fourth-order valence-electron chi connectivity index (χ4n) is 2.61. The molecule has 0 aliphatic heterocycles. The number of para-hydroxylation sites is 1. The van der Waals surface area contributed by atoms with Gasteiger partial charge in [0.05, 0.1) is 12.2 Å². The second kappa shape index (κ2) is 9.99. The van der Waals surface area contributed by atoms with Gasteiger partial charge in [-0.1, -0.05) is 60.7 Å². The topological polar surface area (TPSA) is 78.4 Å². The van der Waals surface area contributed by atoms with Gasteiger partial charge in [-0.25, -0.2) is 9.97 Å². The maximum atomic E-state index is 12.7. The number of nitrogens with one attached hydrogen (secondary N) is 1. The van der Waals surface area contributed by atoms with E-state index in [-0.39, 0.29) is 19.1 Å². The first kappa shape index (κ1) is 19.3. The Morgan fingerprint density at radius 2 is 1.64 bits per heavy atom. The average Bonchev–Trinajstić information content (AvgIpc) is 2.75. The predicted octanol–water partition coefficient (Wildman–Crippen LogP) is 3.37. The third-order valence-corrected chi connectivity index (χ3v) is 4.02. The maximum Gasteiger partial charge on any atom is 0.257 e. The number of aliphatic hydroxyl groups is 1. The van der Waals surface area contributed by atoms with E-state index in [4.69, 9.17) is 0 Å². The van der Waals surface area contributed by atoms with Crippen LogP contribution in [-0.2, 0) is 0 Å². The van der Waals surface area contributed by atoms with Gasteiger partial charge >= 0.3 is 0 Å². The third-order valence-electron chi connectivity index (χ3n) is 4.02. The Hall–Kier alpha value is -3.51. The zero-order chi connectivity index (χ0) is 19.6. The van der Waals surface area contributed by atoms with Crippen molar-refractivity contribution in [2.75, 3.05) is 25.0 Å². The molecule has 142 valence electrons. The number of aromatic nitrogens is 2. The largest absolute Gasteiger partial charge is 0.395 e. The predicted molar refractivity (Wildman–Crippen MR) is 110 cm³/mol. The van der Waals surface area contributed by atoms with Crippen LogP contribution in [0.5, 0.6) is 0 Å². The molecule has 0 aliphatic carbocycles. The van der Waals surface area contributed by atoms with Gasteiger partial charge in [0.25, 0.3) is 5.91 Å². The quantitative estimate of drug-likeness (QED) is 0.632. The Labute approximate surface area is 164 Å². The summed E-state index contributed by atoms with van der Waals surface area (Å²) in [5.74, 6) is 0.193. The molecule has 0 saturated heterocycles. The number of hydrogen-bond acceptors (Lipinski definition) is 5. The first-order valence-corrected chi connectivity index (χ1v) is 9.02. The number of anilines is 2. The summed E-state index contributed by atoms with van der Waals surface area (Å²) in [5, 5.41) is 12.4. The Morgan fingerprint density at radius 3 is 2.29 bits per heavy atom. The van der Waals surface area contributed by atoms with E-state index in [0.29, 0.717) is 18.1 Å². The molecule has 6 nitrogen and oxygen atoms in total. The minimum Gasteiger partial charge on any atom is -0.395 e. The molecule has 0 fully saturated rings. The minimum atomic E-state index is -0.224. The van der Waals surface area contributed by atoms with Crippen LogP contribution in [0.4, 0.5) is 11.6 Å². The first-order chi connectivity index (χ1) is 13.8. The van der Waals surface area contributed by atoms with Gasteiger partial charge in [0, 0.05) is 31.2 Å². The molecule has 6 heteroatoms. The fraction of sp³-hybridized carbons (Fsp3) is 0.136. The highest BCUT2D eigenvalue weighted by Crippen LogP contribution is 2.12. The van der Waals surface area contributed by atoms with E-state index in [1.807, 2.05) is 72.8 Å². The van der Waals surface area contributed by atoms with Gasteiger partial charge in [0.2, 0.25) is 5.95 Å². The number of rotatable bonds is 8. The number of carbonyl (C=O) groups is 1. The lowest BCUT2D eigenvalue weighted by Gasteiger charge is -2.20. The van der Waals surface area contributed by atoms with Crippen molar-refractivity contribution in [2.45, 2.75) is 0 Å². The Kier molecular flexibility index (Phi) is 6.87. The van der Waals surface area contributed by atoms with Crippen molar-refractivity contribution in [3.8, 4) is 0 Å². The van der Waals surface area contributed by atoms with Crippen LogP contribution in [0.1, 0.15) is 15.9 Å². The van der Waals surface area contributed by atoms with Crippen molar-refractivity contribution < 1.29 is 9.90 Å². The van der Waals surface area contributed by atoms with Crippen LogP contribution in [0.15, 0.2) is 79.1 Å². The molecule has 1 aromatic heterocycles. The molecule has 0 atom stereocenters. The molecule has 3 aromatic rings. The highest BCUT2D eigenvalue weighted by Gasteiger charge is 2.15. The summed E-state index contributed by atoms with van der Waals surface area (Å²) in [6.45, 7) is 0.514. The van der Waals surface area contributed by atoms with Gasteiger partial charge in [-0.05, 0) is 17.7 Å². The highest BCUT2D eigenvalue weighted by molar-refractivity contribution is 5.93. The molecule has 2 N–H and O–H groups in total. The normalized spacial score (nSPS) is 10.8.